The Labute approximate surface area is 125 Å². The number of nitrogens with two attached hydrogens (primary N) is 3. The van der Waals surface area contributed by atoms with E-state index in [4.69, 9.17) is 15.6 Å². The predicted octanol–water partition coefficient (Wildman–Crippen LogP) is 0.724. The van der Waals surface area contributed by atoms with Crippen LogP contribution in [0.1, 0.15) is 5.56 Å². The monoisotopic (exact) mass is 344 g/mol. The lowest BCUT2D eigenvalue weighted by molar-refractivity contribution is -0.138. The minimum atomic E-state index is -0.972. The molecule has 2 aromatic rings. The maximum absolute atomic E-state index is 10.6. The number of aromatic amines is 1. The van der Waals surface area contributed by atoms with E-state index in [1.54, 1.807) is 0 Å². The van der Waals surface area contributed by atoms with Gasteiger partial charge in [-0.2, -0.15) is 0 Å². The Morgan fingerprint density at radius 2 is 1.80 bits per heavy atom. The van der Waals surface area contributed by atoms with Crippen molar-refractivity contribution in [1.29, 1.82) is 0 Å². The number of primary amides is 2. The van der Waals surface area contributed by atoms with Crippen molar-refractivity contribution in [2.75, 3.05) is 0 Å². The Balaban J connectivity index is 0.000000644. The SMILES string of the molecule is Br.NC(Cc1c[nH]c2ccccc12)C(=O)O.NC(N)=O. The number of carboxylic acids is 1. The second-order valence-corrected chi connectivity index (χ2v) is 3.91. The molecule has 1 aromatic carbocycles. The number of aliphatic carboxylic acids is 1. The fourth-order valence-corrected chi connectivity index (χ4v) is 1.62. The van der Waals surface area contributed by atoms with Crippen molar-refractivity contribution in [3.05, 3.63) is 36.0 Å². The van der Waals surface area contributed by atoms with Crippen molar-refractivity contribution in [2.24, 2.45) is 17.2 Å². The third-order valence-corrected chi connectivity index (χ3v) is 2.43. The number of fused-ring (bicyclic) bond motifs is 1. The van der Waals surface area contributed by atoms with Gasteiger partial charge >= 0.3 is 12.0 Å². The molecule has 0 aliphatic heterocycles. The topological polar surface area (TPSA) is 148 Å². The second-order valence-electron chi connectivity index (χ2n) is 3.91. The Hall–Kier alpha value is -2.06. The Kier molecular flexibility index (Phi) is 7.34. The van der Waals surface area contributed by atoms with E-state index in [1.807, 2.05) is 30.5 Å². The number of urea groups is 1. The fourth-order valence-electron chi connectivity index (χ4n) is 1.62. The lowest BCUT2D eigenvalue weighted by Crippen LogP contribution is -2.32. The molecular formula is C12H17BrN4O3. The lowest BCUT2D eigenvalue weighted by atomic mass is 10.1. The average molecular weight is 345 g/mol. The van der Waals surface area contributed by atoms with Crippen LogP contribution in [0.4, 0.5) is 4.79 Å². The van der Waals surface area contributed by atoms with E-state index >= 15 is 0 Å². The van der Waals surface area contributed by atoms with Gasteiger partial charge in [-0.25, -0.2) is 4.79 Å². The van der Waals surface area contributed by atoms with Crippen LogP contribution in [0.25, 0.3) is 10.9 Å². The maximum Gasteiger partial charge on any atom is 0.320 e. The molecule has 8 heteroatoms. The molecule has 2 rings (SSSR count). The van der Waals surface area contributed by atoms with Crippen molar-refractivity contribution in [3.63, 3.8) is 0 Å². The first kappa shape index (κ1) is 17.9. The molecule has 20 heavy (non-hydrogen) atoms. The zero-order valence-electron chi connectivity index (χ0n) is 10.6. The number of H-pyrrole nitrogens is 1. The van der Waals surface area contributed by atoms with E-state index in [0.29, 0.717) is 6.42 Å². The summed E-state index contributed by atoms with van der Waals surface area (Å²) in [6.07, 6.45) is 2.16. The maximum atomic E-state index is 10.6. The molecule has 0 radical (unpaired) electrons. The van der Waals surface area contributed by atoms with Gasteiger partial charge in [-0.05, 0) is 11.6 Å². The quantitative estimate of drug-likeness (QED) is 0.557. The van der Waals surface area contributed by atoms with Gasteiger partial charge < -0.3 is 27.3 Å². The Morgan fingerprint density at radius 3 is 2.35 bits per heavy atom. The van der Waals surface area contributed by atoms with Gasteiger partial charge in [0.2, 0.25) is 0 Å². The number of carboxylic acid groups (broad SMARTS) is 1. The van der Waals surface area contributed by atoms with Crippen molar-refractivity contribution in [3.8, 4) is 0 Å². The number of benzene rings is 1. The molecule has 0 fully saturated rings. The number of amides is 2. The first-order valence-corrected chi connectivity index (χ1v) is 5.50. The molecule has 2 amide bonds. The van der Waals surface area contributed by atoms with Crippen LogP contribution in [0, 0.1) is 0 Å². The number of carbonyl (C=O) groups excluding carboxylic acids is 1. The molecule has 0 aliphatic carbocycles. The molecule has 7 nitrogen and oxygen atoms in total. The molecule has 1 atom stereocenters. The Morgan fingerprint density at radius 1 is 1.25 bits per heavy atom. The third kappa shape index (κ3) is 5.29. The van der Waals surface area contributed by atoms with Crippen LogP contribution in [0.15, 0.2) is 30.5 Å². The molecule has 1 aromatic heterocycles. The number of hydrogen-bond donors (Lipinski definition) is 5. The highest BCUT2D eigenvalue weighted by molar-refractivity contribution is 8.93. The van der Waals surface area contributed by atoms with E-state index in [2.05, 4.69) is 16.5 Å². The van der Waals surface area contributed by atoms with Crippen molar-refractivity contribution < 1.29 is 14.7 Å². The van der Waals surface area contributed by atoms with Crippen molar-refractivity contribution >= 4 is 39.9 Å². The zero-order valence-corrected chi connectivity index (χ0v) is 12.3. The van der Waals surface area contributed by atoms with E-state index in [0.717, 1.165) is 16.5 Å². The number of carbonyl (C=O) groups is 2. The minimum absolute atomic E-state index is 0. The standard InChI is InChI=1S/C11H12N2O2.CH4N2O.BrH/c12-9(11(14)15)5-7-6-13-10-4-2-1-3-8(7)10;2-1(3)4;/h1-4,6,9,13H,5,12H2,(H,14,15);(H4,2,3,4);1H. The molecule has 1 heterocycles. The Bertz CT molecular complexity index is 581. The van der Waals surface area contributed by atoms with Gasteiger partial charge in [-0.3, -0.25) is 4.79 Å². The highest BCUT2D eigenvalue weighted by atomic mass is 79.9. The van der Waals surface area contributed by atoms with Gasteiger partial charge in [0.25, 0.3) is 0 Å². The van der Waals surface area contributed by atoms with E-state index in [9.17, 15) is 4.79 Å². The minimum Gasteiger partial charge on any atom is -0.480 e. The highest BCUT2D eigenvalue weighted by Gasteiger charge is 2.14. The number of para-hydroxylation sites is 1. The number of rotatable bonds is 3. The molecule has 0 aliphatic rings. The van der Waals surface area contributed by atoms with Crippen molar-refractivity contribution in [1.82, 2.24) is 4.98 Å². The van der Waals surface area contributed by atoms with Crippen LogP contribution >= 0.6 is 17.0 Å². The van der Waals surface area contributed by atoms with Gasteiger partial charge in [0.05, 0.1) is 0 Å². The van der Waals surface area contributed by atoms with E-state index < -0.39 is 18.0 Å². The summed E-state index contributed by atoms with van der Waals surface area (Å²) < 4.78 is 0. The predicted molar refractivity (Wildman–Crippen MR) is 81.7 cm³/mol. The largest absolute Gasteiger partial charge is 0.480 e. The first-order chi connectivity index (χ1) is 8.91. The molecule has 0 saturated heterocycles. The molecule has 0 spiro atoms. The van der Waals surface area contributed by atoms with Gasteiger partial charge in [0, 0.05) is 23.5 Å². The van der Waals surface area contributed by atoms with Gasteiger partial charge in [-0.1, -0.05) is 18.2 Å². The van der Waals surface area contributed by atoms with Crippen molar-refractivity contribution in [2.45, 2.75) is 12.5 Å². The molecule has 1 unspecified atom stereocenters. The summed E-state index contributed by atoms with van der Waals surface area (Å²) in [5.74, 6) is -0.972. The van der Waals surface area contributed by atoms with Gasteiger partial charge in [-0.15, -0.1) is 17.0 Å². The molecule has 8 N–H and O–H groups in total. The van der Waals surface area contributed by atoms with Crippen LogP contribution in [-0.4, -0.2) is 28.1 Å². The highest BCUT2D eigenvalue weighted by Crippen LogP contribution is 2.18. The van der Waals surface area contributed by atoms with Gasteiger partial charge in [0.15, 0.2) is 0 Å². The van der Waals surface area contributed by atoms with E-state index in [1.165, 1.54) is 0 Å². The van der Waals surface area contributed by atoms with Gasteiger partial charge in [0.1, 0.15) is 6.04 Å². The van der Waals surface area contributed by atoms with Crippen LogP contribution in [0.2, 0.25) is 0 Å². The number of halogens is 1. The number of nitrogens with one attached hydrogen (secondary N) is 1. The smallest absolute Gasteiger partial charge is 0.320 e. The van der Waals surface area contributed by atoms with Crippen LogP contribution in [0.3, 0.4) is 0 Å². The summed E-state index contributed by atoms with van der Waals surface area (Å²) >= 11 is 0. The van der Waals surface area contributed by atoms with Crippen LogP contribution in [-0.2, 0) is 11.2 Å². The summed E-state index contributed by atoms with van der Waals surface area (Å²) in [6.45, 7) is 0. The zero-order chi connectivity index (χ0) is 14.4. The molecular weight excluding hydrogens is 328 g/mol. The number of hydrogen-bond acceptors (Lipinski definition) is 3. The van der Waals surface area contributed by atoms with E-state index in [-0.39, 0.29) is 17.0 Å². The third-order valence-electron chi connectivity index (χ3n) is 2.43. The average Bonchev–Trinajstić information content (AvgIpc) is 2.72. The molecule has 0 bridgehead atoms. The summed E-state index contributed by atoms with van der Waals surface area (Å²) in [7, 11) is 0. The fraction of sp³-hybridized carbons (Fsp3) is 0.167. The molecule has 0 saturated carbocycles. The van der Waals surface area contributed by atoms with Crippen LogP contribution in [0.5, 0.6) is 0 Å². The normalized spacial score (nSPS) is 10.8. The van der Waals surface area contributed by atoms with Crippen LogP contribution < -0.4 is 17.2 Å². The lowest BCUT2D eigenvalue weighted by Gasteiger charge is -2.04. The summed E-state index contributed by atoms with van der Waals surface area (Å²) in [4.78, 5) is 22.7. The first-order valence-electron chi connectivity index (χ1n) is 5.50. The summed E-state index contributed by atoms with van der Waals surface area (Å²) in [5.41, 5.74) is 15.9. The summed E-state index contributed by atoms with van der Waals surface area (Å²) in [5, 5.41) is 9.75. The summed E-state index contributed by atoms with van der Waals surface area (Å²) in [6, 6.07) is 6.08. The number of aromatic nitrogens is 1. The molecule has 110 valence electrons. The second kappa shape index (κ2) is 8.18.